The highest BCUT2D eigenvalue weighted by molar-refractivity contribution is 6.47. The number of benzene rings is 1. The molecular formula is C12H9Cl3O2. The topological polar surface area (TPSA) is 30.2 Å². The number of hydrogen-bond acceptors (Lipinski definition) is 2. The summed E-state index contributed by atoms with van der Waals surface area (Å²) in [6.45, 7) is 3.59. The highest BCUT2D eigenvalue weighted by atomic mass is 35.5. The maximum absolute atomic E-state index is 11.8. The van der Waals surface area contributed by atoms with Gasteiger partial charge < -0.3 is 4.42 Å². The lowest BCUT2D eigenvalue weighted by Gasteiger charge is -1.98. The van der Waals surface area contributed by atoms with E-state index in [1.807, 2.05) is 0 Å². The van der Waals surface area contributed by atoms with Crippen molar-refractivity contribution in [3.8, 4) is 0 Å². The van der Waals surface area contributed by atoms with E-state index < -0.39 is 0 Å². The Balaban J connectivity index is 2.69. The van der Waals surface area contributed by atoms with Crippen molar-refractivity contribution in [2.45, 2.75) is 13.8 Å². The number of ketones is 1. The van der Waals surface area contributed by atoms with Gasteiger partial charge in [0.25, 0.3) is 0 Å². The SMILES string of the molecule is CC(C)C(=O)c1cc2c(Cl)c(Cl)cc(Cl)c2o1. The average molecular weight is 292 g/mol. The van der Waals surface area contributed by atoms with Gasteiger partial charge in [-0.25, -0.2) is 0 Å². The number of rotatable bonds is 2. The Morgan fingerprint density at radius 3 is 2.41 bits per heavy atom. The molecule has 5 heteroatoms. The Bertz CT molecular complexity index is 599. The second-order valence-corrected chi connectivity index (χ2v) is 5.22. The minimum absolute atomic E-state index is 0.0931. The zero-order valence-corrected chi connectivity index (χ0v) is 11.5. The molecule has 0 radical (unpaired) electrons. The van der Waals surface area contributed by atoms with E-state index in [1.165, 1.54) is 6.07 Å². The van der Waals surface area contributed by atoms with Crippen LogP contribution >= 0.6 is 34.8 Å². The normalized spacial score (nSPS) is 11.4. The van der Waals surface area contributed by atoms with Gasteiger partial charge in [-0.15, -0.1) is 0 Å². The maximum Gasteiger partial charge on any atom is 0.200 e. The predicted molar refractivity (Wildman–Crippen MR) is 70.4 cm³/mol. The Labute approximate surface area is 113 Å². The number of fused-ring (bicyclic) bond motifs is 1. The summed E-state index contributed by atoms with van der Waals surface area (Å²) in [5, 5.41) is 1.59. The molecule has 0 aliphatic rings. The molecule has 2 aromatic rings. The van der Waals surface area contributed by atoms with Gasteiger partial charge in [0.15, 0.2) is 11.3 Å². The fourth-order valence-corrected chi connectivity index (χ4v) is 2.22. The predicted octanol–water partition coefficient (Wildman–Crippen LogP) is 5.23. The van der Waals surface area contributed by atoms with Crippen LogP contribution < -0.4 is 0 Å². The monoisotopic (exact) mass is 290 g/mol. The molecule has 0 fully saturated rings. The van der Waals surface area contributed by atoms with Crippen LogP contribution in [-0.2, 0) is 0 Å². The average Bonchev–Trinajstić information content (AvgIpc) is 2.70. The first-order valence-corrected chi connectivity index (χ1v) is 6.16. The smallest absolute Gasteiger partial charge is 0.200 e. The molecule has 90 valence electrons. The molecule has 0 spiro atoms. The molecule has 0 unspecified atom stereocenters. The Morgan fingerprint density at radius 2 is 1.82 bits per heavy atom. The number of halogens is 3. The van der Waals surface area contributed by atoms with E-state index in [2.05, 4.69) is 0 Å². The van der Waals surface area contributed by atoms with Crippen LogP contribution in [0.4, 0.5) is 0 Å². The highest BCUT2D eigenvalue weighted by Crippen LogP contribution is 2.38. The van der Waals surface area contributed by atoms with Crippen LogP contribution in [0.2, 0.25) is 15.1 Å². The van der Waals surface area contributed by atoms with Crippen molar-refractivity contribution in [2.75, 3.05) is 0 Å². The summed E-state index contributed by atoms with van der Waals surface area (Å²) in [5.41, 5.74) is 0.394. The molecule has 0 saturated carbocycles. The standard InChI is InChI=1S/C12H9Cl3O2/c1-5(2)11(16)9-3-6-10(15)7(13)4-8(14)12(6)17-9/h3-5H,1-2H3. The molecule has 0 saturated heterocycles. The summed E-state index contributed by atoms with van der Waals surface area (Å²) < 4.78 is 5.43. The third-order valence-corrected chi connectivity index (χ3v) is 3.50. The molecule has 0 N–H and O–H groups in total. The largest absolute Gasteiger partial charge is 0.451 e. The van der Waals surface area contributed by atoms with Crippen LogP contribution in [0.1, 0.15) is 24.4 Å². The first-order chi connectivity index (χ1) is 7.91. The number of Topliss-reactive ketones (excluding diaryl/α,β-unsaturated/α-hetero) is 1. The number of hydrogen-bond donors (Lipinski definition) is 0. The van der Waals surface area contributed by atoms with Gasteiger partial charge >= 0.3 is 0 Å². The third-order valence-electron chi connectivity index (χ3n) is 2.42. The Hall–Kier alpha value is -0.700. The van der Waals surface area contributed by atoms with Crippen molar-refractivity contribution in [1.29, 1.82) is 0 Å². The minimum Gasteiger partial charge on any atom is -0.451 e. The van der Waals surface area contributed by atoms with E-state index in [4.69, 9.17) is 39.2 Å². The molecule has 2 nitrogen and oxygen atoms in total. The molecule has 1 aromatic carbocycles. The third kappa shape index (κ3) is 2.17. The minimum atomic E-state index is -0.149. The van der Waals surface area contributed by atoms with Crippen LogP contribution in [-0.4, -0.2) is 5.78 Å². The van der Waals surface area contributed by atoms with Crippen molar-refractivity contribution >= 4 is 51.6 Å². The summed E-state index contributed by atoms with van der Waals surface area (Å²) in [6.07, 6.45) is 0. The lowest BCUT2D eigenvalue weighted by molar-refractivity contribution is 0.0913. The molecule has 0 amide bonds. The molecule has 2 rings (SSSR count). The van der Waals surface area contributed by atoms with E-state index >= 15 is 0 Å². The van der Waals surface area contributed by atoms with Crippen LogP contribution in [0.5, 0.6) is 0 Å². The van der Waals surface area contributed by atoms with E-state index in [-0.39, 0.29) is 17.5 Å². The summed E-state index contributed by atoms with van der Waals surface area (Å²) in [5.74, 6) is 0.00843. The Kier molecular flexibility index (Phi) is 3.39. The van der Waals surface area contributed by atoms with Gasteiger partial charge in [-0.05, 0) is 12.1 Å². The van der Waals surface area contributed by atoms with E-state index in [0.29, 0.717) is 26.0 Å². The number of furan rings is 1. The first kappa shape index (κ1) is 12.7. The quantitative estimate of drug-likeness (QED) is 0.560. The molecule has 17 heavy (non-hydrogen) atoms. The molecule has 0 bridgehead atoms. The van der Waals surface area contributed by atoms with Crippen LogP contribution in [0, 0.1) is 5.92 Å². The first-order valence-electron chi connectivity index (χ1n) is 5.03. The van der Waals surface area contributed by atoms with Crippen LogP contribution in [0.3, 0.4) is 0 Å². The molecule has 0 aliphatic carbocycles. The van der Waals surface area contributed by atoms with Crippen molar-refractivity contribution in [3.63, 3.8) is 0 Å². The second-order valence-electron chi connectivity index (χ2n) is 4.03. The van der Waals surface area contributed by atoms with E-state index in [0.717, 1.165) is 0 Å². The van der Waals surface area contributed by atoms with Crippen molar-refractivity contribution in [1.82, 2.24) is 0 Å². The number of carbonyl (C=O) groups excluding carboxylic acids is 1. The summed E-state index contributed by atoms with van der Waals surface area (Å²) in [6, 6.07) is 3.08. The fourth-order valence-electron chi connectivity index (χ4n) is 1.51. The lowest BCUT2D eigenvalue weighted by atomic mass is 10.1. The van der Waals surface area contributed by atoms with E-state index in [1.54, 1.807) is 19.9 Å². The van der Waals surface area contributed by atoms with Gasteiger partial charge in [0.2, 0.25) is 5.78 Å². The molecular weight excluding hydrogens is 282 g/mol. The van der Waals surface area contributed by atoms with Crippen LogP contribution in [0.25, 0.3) is 11.0 Å². The fraction of sp³-hybridized carbons (Fsp3) is 0.250. The summed E-state index contributed by atoms with van der Waals surface area (Å²) in [7, 11) is 0. The zero-order chi connectivity index (χ0) is 12.7. The van der Waals surface area contributed by atoms with Gasteiger partial charge in [-0.2, -0.15) is 0 Å². The maximum atomic E-state index is 11.8. The van der Waals surface area contributed by atoms with Crippen molar-refractivity contribution < 1.29 is 9.21 Å². The molecule has 0 aliphatic heterocycles. The van der Waals surface area contributed by atoms with Crippen molar-refractivity contribution in [3.05, 3.63) is 33.0 Å². The lowest BCUT2D eigenvalue weighted by Crippen LogP contribution is -2.05. The van der Waals surface area contributed by atoms with Gasteiger partial charge in [-0.3, -0.25) is 4.79 Å². The summed E-state index contributed by atoms with van der Waals surface area (Å²) in [4.78, 5) is 11.8. The number of carbonyl (C=O) groups is 1. The zero-order valence-electron chi connectivity index (χ0n) is 9.18. The Morgan fingerprint density at radius 1 is 1.18 bits per heavy atom. The van der Waals surface area contributed by atoms with Gasteiger partial charge in [0, 0.05) is 11.3 Å². The molecule has 1 heterocycles. The van der Waals surface area contributed by atoms with E-state index in [9.17, 15) is 4.79 Å². The van der Waals surface area contributed by atoms with Crippen LogP contribution in [0.15, 0.2) is 16.5 Å². The molecule has 0 atom stereocenters. The summed E-state index contributed by atoms with van der Waals surface area (Å²) >= 11 is 17.9. The second kappa shape index (κ2) is 4.52. The molecule has 1 aromatic heterocycles. The highest BCUT2D eigenvalue weighted by Gasteiger charge is 2.19. The van der Waals surface area contributed by atoms with Gasteiger partial charge in [0.1, 0.15) is 0 Å². The van der Waals surface area contributed by atoms with Gasteiger partial charge in [-0.1, -0.05) is 48.7 Å². The van der Waals surface area contributed by atoms with Gasteiger partial charge in [0.05, 0.1) is 15.1 Å². The van der Waals surface area contributed by atoms with Crippen molar-refractivity contribution in [2.24, 2.45) is 5.92 Å².